The second kappa shape index (κ2) is 13.2. The Kier molecular flexibility index (Phi) is 15.8. The molecule has 0 aromatic carbocycles. The van der Waals surface area contributed by atoms with Crippen LogP contribution in [0.1, 0.15) is 71.6 Å². The topological polar surface area (TPSA) is 77.4 Å². The summed E-state index contributed by atoms with van der Waals surface area (Å²) in [5.74, 6) is 0. The van der Waals surface area contributed by atoms with Gasteiger partial charge in [0.05, 0.1) is 16.2 Å². The van der Waals surface area contributed by atoms with Crippen molar-refractivity contribution in [3.63, 3.8) is 0 Å². The first-order valence-corrected chi connectivity index (χ1v) is 8.51. The predicted molar refractivity (Wildman–Crippen MR) is 72.4 cm³/mol. The largest absolute Gasteiger partial charge is 1.00 e. The minimum atomic E-state index is -4.11. The Bertz CT molecular complexity index is 293. The molecular weight excluding hydrogens is 291 g/mol. The fourth-order valence-corrected chi connectivity index (χ4v) is 2.90. The van der Waals surface area contributed by atoms with Gasteiger partial charge in [-0.25, -0.2) is 8.42 Å². The van der Waals surface area contributed by atoms with Crippen molar-refractivity contribution in [2.45, 2.75) is 83.0 Å². The molecule has 2 atom stereocenters. The fraction of sp³-hybridized carbons (Fsp3) is 1.00. The summed E-state index contributed by atoms with van der Waals surface area (Å²) >= 11 is 0. The summed E-state index contributed by atoms with van der Waals surface area (Å²) < 4.78 is 32.6. The maximum Gasteiger partial charge on any atom is 1.00 e. The molecule has 0 saturated heterocycles. The maximum atomic E-state index is 10.9. The molecule has 19 heavy (non-hydrogen) atoms. The molecule has 0 amide bonds. The summed E-state index contributed by atoms with van der Waals surface area (Å²) in [7, 11) is -4.11. The van der Waals surface area contributed by atoms with E-state index in [4.69, 9.17) is 0 Å². The van der Waals surface area contributed by atoms with Crippen LogP contribution in [0.2, 0.25) is 0 Å². The zero-order chi connectivity index (χ0) is 14.0. The van der Waals surface area contributed by atoms with E-state index in [1.54, 1.807) is 6.92 Å². The van der Waals surface area contributed by atoms with Gasteiger partial charge in [-0.1, -0.05) is 46.0 Å². The quantitative estimate of drug-likeness (QED) is 0.326. The van der Waals surface area contributed by atoms with Crippen molar-refractivity contribution in [3.8, 4) is 0 Å². The van der Waals surface area contributed by atoms with E-state index in [0.29, 0.717) is 12.8 Å². The van der Waals surface area contributed by atoms with Crippen LogP contribution < -0.4 is 51.4 Å². The van der Waals surface area contributed by atoms with Crippen LogP contribution in [-0.4, -0.2) is 29.4 Å². The SMILES string of the molecule is CCC(O)CCCCCCCC(CC)S(=O)(=O)[O-].[K+]. The van der Waals surface area contributed by atoms with Crippen LogP contribution >= 0.6 is 0 Å². The van der Waals surface area contributed by atoms with Gasteiger partial charge < -0.3 is 9.66 Å². The summed E-state index contributed by atoms with van der Waals surface area (Å²) in [6, 6.07) is 0. The van der Waals surface area contributed by atoms with Crippen molar-refractivity contribution >= 4 is 10.1 Å². The Labute approximate surface area is 160 Å². The molecule has 2 unspecified atom stereocenters. The van der Waals surface area contributed by atoms with Gasteiger partial charge in [-0.3, -0.25) is 0 Å². The van der Waals surface area contributed by atoms with Gasteiger partial charge in [0, 0.05) is 5.25 Å². The van der Waals surface area contributed by atoms with Crippen molar-refractivity contribution in [1.82, 2.24) is 0 Å². The first-order valence-electron chi connectivity index (χ1n) is 7.04. The first kappa shape index (κ1) is 22.8. The van der Waals surface area contributed by atoms with E-state index in [0.717, 1.165) is 44.9 Å². The van der Waals surface area contributed by atoms with E-state index in [2.05, 4.69) is 0 Å². The molecule has 0 aliphatic heterocycles. The molecule has 6 heteroatoms. The molecule has 4 nitrogen and oxygen atoms in total. The van der Waals surface area contributed by atoms with Gasteiger partial charge in [-0.05, 0) is 25.7 Å². The summed E-state index contributed by atoms with van der Waals surface area (Å²) in [5.41, 5.74) is 0. The van der Waals surface area contributed by atoms with E-state index in [9.17, 15) is 18.1 Å². The van der Waals surface area contributed by atoms with Gasteiger partial charge in [0.2, 0.25) is 0 Å². The number of hydrogen-bond donors (Lipinski definition) is 1. The van der Waals surface area contributed by atoms with Crippen LogP contribution in [0.5, 0.6) is 0 Å². The molecule has 0 aliphatic carbocycles. The van der Waals surface area contributed by atoms with E-state index in [1.807, 2.05) is 6.92 Å². The molecule has 0 aromatic heterocycles. The van der Waals surface area contributed by atoms with Gasteiger partial charge in [0.25, 0.3) is 0 Å². The Morgan fingerprint density at radius 2 is 1.42 bits per heavy atom. The third-order valence-electron chi connectivity index (χ3n) is 3.40. The minimum absolute atomic E-state index is 0. The zero-order valence-electron chi connectivity index (χ0n) is 12.6. The average molecular weight is 319 g/mol. The van der Waals surface area contributed by atoms with Crippen LogP contribution in [-0.2, 0) is 10.1 Å². The van der Waals surface area contributed by atoms with Crippen molar-refractivity contribution in [2.75, 3.05) is 0 Å². The molecule has 0 saturated carbocycles. The zero-order valence-corrected chi connectivity index (χ0v) is 16.5. The summed E-state index contributed by atoms with van der Waals surface area (Å²) in [4.78, 5) is 0. The molecule has 1 N–H and O–H groups in total. The third kappa shape index (κ3) is 12.9. The standard InChI is InChI=1S/C13H28O4S.K/c1-3-12(14)10-8-6-5-7-9-11-13(4-2)18(15,16)17;/h12-14H,3-11H2,1-2H3,(H,15,16,17);/q;+1/p-1. The molecule has 0 aromatic rings. The van der Waals surface area contributed by atoms with Gasteiger partial charge in [0.1, 0.15) is 0 Å². The Morgan fingerprint density at radius 3 is 1.84 bits per heavy atom. The summed E-state index contributed by atoms with van der Waals surface area (Å²) in [5, 5.41) is 8.64. The molecule has 0 aliphatic rings. The molecule has 0 bridgehead atoms. The molecule has 0 heterocycles. The fourth-order valence-electron chi connectivity index (χ4n) is 2.04. The number of aliphatic hydroxyl groups is 1. The number of aliphatic hydroxyl groups excluding tert-OH is 1. The minimum Gasteiger partial charge on any atom is -0.748 e. The van der Waals surface area contributed by atoms with Crippen LogP contribution in [0.15, 0.2) is 0 Å². The monoisotopic (exact) mass is 318 g/mol. The van der Waals surface area contributed by atoms with Crippen LogP contribution in [0.3, 0.4) is 0 Å². The summed E-state index contributed by atoms with van der Waals surface area (Å²) in [6.07, 6.45) is 7.28. The average Bonchev–Trinajstić information content (AvgIpc) is 2.30. The molecule has 0 radical (unpaired) electrons. The molecule has 0 spiro atoms. The second-order valence-electron chi connectivity index (χ2n) is 4.93. The Morgan fingerprint density at radius 1 is 0.947 bits per heavy atom. The van der Waals surface area contributed by atoms with Crippen LogP contribution in [0, 0.1) is 0 Å². The van der Waals surface area contributed by atoms with Gasteiger partial charge in [-0.2, -0.15) is 0 Å². The molecular formula is C13H27KO4S. The number of hydrogen-bond acceptors (Lipinski definition) is 4. The normalized spacial score (nSPS) is 14.7. The van der Waals surface area contributed by atoms with Crippen LogP contribution in [0.25, 0.3) is 0 Å². The predicted octanol–water partition coefficient (Wildman–Crippen LogP) is -0.184. The Balaban J connectivity index is 0. The van der Waals surface area contributed by atoms with E-state index in [-0.39, 0.29) is 57.5 Å². The van der Waals surface area contributed by atoms with Crippen molar-refractivity contribution < 1.29 is 69.5 Å². The smallest absolute Gasteiger partial charge is 0.748 e. The van der Waals surface area contributed by atoms with Gasteiger partial charge in [0.15, 0.2) is 0 Å². The first-order chi connectivity index (χ1) is 8.41. The van der Waals surface area contributed by atoms with Crippen molar-refractivity contribution in [1.29, 1.82) is 0 Å². The van der Waals surface area contributed by atoms with Crippen molar-refractivity contribution in [2.24, 2.45) is 0 Å². The maximum absolute atomic E-state index is 10.9. The molecule has 110 valence electrons. The van der Waals surface area contributed by atoms with E-state index < -0.39 is 15.4 Å². The van der Waals surface area contributed by atoms with E-state index >= 15 is 0 Å². The summed E-state index contributed by atoms with van der Waals surface area (Å²) in [6.45, 7) is 3.71. The molecule has 0 fully saturated rings. The van der Waals surface area contributed by atoms with Crippen molar-refractivity contribution in [3.05, 3.63) is 0 Å². The molecule has 0 rings (SSSR count). The van der Waals surface area contributed by atoms with Gasteiger partial charge >= 0.3 is 51.4 Å². The van der Waals surface area contributed by atoms with Gasteiger partial charge in [-0.15, -0.1) is 0 Å². The second-order valence-corrected chi connectivity index (χ2v) is 6.58. The van der Waals surface area contributed by atoms with E-state index in [1.165, 1.54) is 0 Å². The Hall–Kier alpha value is 1.51. The van der Waals surface area contributed by atoms with Crippen LogP contribution in [0.4, 0.5) is 0 Å². The number of rotatable bonds is 11. The third-order valence-corrected chi connectivity index (χ3v) is 4.78. The number of unbranched alkanes of at least 4 members (excludes halogenated alkanes) is 4.